The molecule has 21 heavy (non-hydrogen) atoms. The summed E-state index contributed by atoms with van der Waals surface area (Å²) in [6, 6.07) is 13.6. The monoisotopic (exact) mass is 302 g/mol. The molecule has 0 saturated carbocycles. The first kappa shape index (κ1) is 15.3. The average Bonchev–Trinajstić information content (AvgIpc) is 2.98. The van der Waals surface area contributed by atoms with Crippen molar-refractivity contribution in [3.63, 3.8) is 0 Å². The number of carbonyl (C=O) groups excluding carboxylic acids is 2. The van der Waals surface area contributed by atoms with Gasteiger partial charge in [-0.1, -0.05) is 36.4 Å². The third-order valence-corrected chi connectivity index (χ3v) is 3.92. The first-order chi connectivity index (χ1) is 10.1. The number of nitrogens with zero attached hydrogens (tertiary/aromatic N) is 1. The highest BCUT2D eigenvalue weighted by atomic mass is 32.1. The number of carbonyl (C=O) groups is 2. The van der Waals surface area contributed by atoms with E-state index in [2.05, 4.69) is 5.32 Å². The number of hydrogen-bond acceptors (Lipinski definition) is 3. The number of thiophene rings is 1. The van der Waals surface area contributed by atoms with E-state index < -0.39 is 0 Å². The van der Waals surface area contributed by atoms with Gasteiger partial charge in [0, 0.05) is 18.5 Å². The molecular formula is C16H18N2O2S. The zero-order valence-electron chi connectivity index (χ0n) is 11.9. The van der Waals surface area contributed by atoms with Crippen molar-refractivity contribution in [1.29, 1.82) is 0 Å². The van der Waals surface area contributed by atoms with Crippen LogP contribution >= 0.6 is 11.3 Å². The summed E-state index contributed by atoms with van der Waals surface area (Å²) in [6.07, 6.45) is 0.327. The second-order valence-electron chi connectivity index (χ2n) is 4.77. The summed E-state index contributed by atoms with van der Waals surface area (Å²) in [5.41, 5.74) is 1.07. The van der Waals surface area contributed by atoms with Crippen molar-refractivity contribution in [1.82, 2.24) is 10.2 Å². The van der Waals surface area contributed by atoms with Gasteiger partial charge in [-0.15, -0.1) is 11.3 Å². The minimum atomic E-state index is -0.126. The van der Waals surface area contributed by atoms with Crippen LogP contribution in [-0.2, 0) is 22.6 Å². The van der Waals surface area contributed by atoms with Gasteiger partial charge in [0.2, 0.25) is 11.8 Å². The van der Waals surface area contributed by atoms with Crippen molar-refractivity contribution in [2.75, 3.05) is 13.6 Å². The van der Waals surface area contributed by atoms with Gasteiger partial charge in [0.05, 0.1) is 13.0 Å². The fraction of sp³-hybridized carbons (Fsp3) is 0.250. The molecule has 0 saturated heterocycles. The molecule has 1 aromatic heterocycles. The van der Waals surface area contributed by atoms with E-state index in [0.717, 1.165) is 10.4 Å². The number of rotatable bonds is 6. The van der Waals surface area contributed by atoms with Gasteiger partial charge in [-0.05, 0) is 17.0 Å². The topological polar surface area (TPSA) is 49.4 Å². The van der Waals surface area contributed by atoms with E-state index in [4.69, 9.17) is 0 Å². The molecule has 2 amide bonds. The molecule has 110 valence electrons. The van der Waals surface area contributed by atoms with Crippen LogP contribution in [0.15, 0.2) is 47.8 Å². The summed E-state index contributed by atoms with van der Waals surface area (Å²) in [7, 11) is 1.74. The summed E-state index contributed by atoms with van der Waals surface area (Å²) in [5, 5.41) is 4.60. The quantitative estimate of drug-likeness (QED) is 0.888. The van der Waals surface area contributed by atoms with Gasteiger partial charge in [0.25, 0.3) is 0 Å². The zero-order chi connectivity index (χ0) is 15.1. The Morgan fingerprint density at radius 1 is 1.14 bits per heavy atom. The normalized spacial score (nSPS) is 10.1. The molecule has 0 bridgehead atoms. The molecule has 5 heteroatoms. The van der Waals surface area contributed by atoms with Crippen LogP contribution in [0.4, 0.5) is 0 Å². The Labute approximate surface area is 128 Å². The molecule has 0 spiro atoms. The van der Waals surface area contributed by atoms with Gasteiger partial charge in [-0.2, -0.15) is 0 Å². The number of benzene rings is 1. The van der Waals surface area contributed by atoms with E-state index in [0.29, 0.717) is 13.0 Å². The Hall–Kier alpha value is -2.14. The zero-order valence-corrected chi connectivity index (χ0v) is 12.7. The van der Waals surface area contributed by atoms with E-state index in [1.54, 1.807) is 11.9 Å². The highest BCUT2D eigenvalue weighted by Crippen LogP contribution is 2.08. The highest BCUT2D eigenvalue weighted by Gasteiger charge is 2.11. The Morgan fingerprint density at radius 3 is 2.57 bits per heavy atom. The molecule has 4 nitrogen and oxygen atoms in total. The van der Waals surface area contributed by atoms with Gasteiger partial charge in [-0.25, -0.2) is 0 Å². The van der Waals surface area contributed by atoms with Crippen LogP contribution in [0, 0.1) is 0 Å². The lowest BCUT2D eigenvalue weighted by molar-refractivity contribution is -0.132. The Balaban J connectivity index is 1.74. The summed E-state index contributed by atoms with van der Waals surface area (Å²) in [5.74, 6) is -0.225. The fourth-order valence-electron chi connectivity index (χ4n) is 1.89. The third kappa shape index (κ3) is 5.04. The smallest absolute Gasteiger partial charge is 0.242 e. The number of hydrogen-bond donors (Lipinski definition) is 1. The number of likely N-dealkylation sites (N-methyl/N-ethyl adjacent to an activating group) is 1. The van der Waals surface area contributed by atoms with Gasteiger partial charge in [0.15, 0.2) is 0 Å². The van der Waals surface area contributed by atoms with Crippen LogP contribution in [0.1, 0.15) is 10.4 Å². The van der Waals surface area contributed by atoms with E-state index in [1.165, 1.54) is 11.3 Å². The van der Waals surface area contributed by atoms with E-state index in [-0.39, 0.29) is 18.4 Å². The molecule has 2 rings (SSSR count). The summed E-state index contributed by atoms with van der Waals surface area (Å²) in [4.78, 5) is 26.3. The van der Waals surface area contributed by atoms with Gasteiger partial charge < -0.3 is 10.2 Å². The average molecular weight is 302 g/mol. The molecule has 0 unspecified atom stereocenters. The predicted octanol–water partition coefficient (Wildman–Crippen LogP) is 2.07. The molecule has 0 aliphatic rings. The molecule has 1 heterocycles. The number of nitrogens with one attached hydrogen (secondary N) is 1. The molecular weight excluding hydrogens is 284 g/mol. The maximum atomic E-state index is 12.0. The van der Waals surface area contributed by atoms with Gasteiger partial charge in [-0.3, -0.25) is 9.59 Å². The standard InChI is InChI=1S/C16H18N2O2S/c1-18(12-13-6-3-2-4-7-13)16(20)11-17-15(19)10-14-8-5-9-21-14/h2-9H,10-12H2,1H3,(H,17,19). The van der Waals surface area contributed by atoms with Gasteiger partial charge in [0.1, 0.15) is 0 Å². The van der Waals surface area contributed by atoms with Crippen LogP contribution < -0.4 is 5.32 Å². The SMILES string of the molecule is CN(Cc1ccccc1)C(=O)CNC(=O)Cc1cccs1. The summed E-state index contributed by atoms with van der Waals surface area (Å²) < 4.78 is 0. The minimum Gasteiger partial charge on any atom is -0.347 e. The van der Waals surface area contributed by atoms with Crippen molar-refractivity contribution in [3.05, 3.63) is 58.3 Å². The van der Waals surface area contributed by atoms with Crippen LogP contribution in [0.25, 0.3) is 0 Å². The molecule has 2 aromatic rings. The van der Waals surface area contributed by atoms with Crippen LogP contribution in [-0.4, -0.2) is 30.3 Å². The first-order valence-corrected chi connectivity index (χ1v) is 7.60. The lowest BCUT2D eigenvalue weighted by Crippen LogP contribution is -2.38. The molecule has 1 aromatic carbocycles. The van der Waals surface area contributed by atoms with Crippen molar-refractivity contribution < 1.29 is 9.59 Å². The van der Waals surface area contributed by atoms with Crippen LogP contribution in [0.2, 0.25) is 0 Å². The molecule has 0 radical (unpaired) electrons. The van der Waals surface area contributed by atoms with Crippen LogP contribution in [0.3, 0.4) is 0 Å². The van der Waals surface area contributed by atoms with E-state index >= 15 is 0 Å². The van der Waals surface area contributed by atoms with Gasteiger partial charge >= 0.3 is 0 Å². The molecule has 0 atom stereocenters. The second-order valence-corrected chi connectivity index (χ2v) is 5.80. The van der Waals surface area contributed by atoms with Crippen molar-refractivity contribution in [2.45, 2.75) is 13.0 Å². The largest absolute Gasteiger partial charge is 0.347 e. The first-order valence-electron chi connectivity index (χ1n) is 6.72. The predicted molar refractivity (Wildman–Crippen MR) is 83.9 cm³/mol. The Morgan fingerprint density at radius 2 is 1.90 bits per heavy atom. The fourth-order valence-corrected chi connectivity index (χ4v) is 2.59. The Bertz CT molecular complexity index is 582. The van der Waals surface area contributed by atoms with Crippen molar-refractivity contribution >= 4 is 23.2 Å². The van der Waals surface area contributed by atoms with Crippen molar-refractivity contribution in [3.8, 4) is 0 Å². The lowest BCUT2D eigenvalue weighted by Gasteiger charge is -2.17. The molecule has 0 fully saturated rings. The third-order valence-electron chi connectivity index (χ3n) is 3.04. The minimum absolute atomic E-state index is 0.0353. The summed E-state index contributed by atoms with van der Waals surface area (Å²) >= 11 is 1.54. The highest BCUT2D eigenvalue weighted by molar-refractivity contribution is 7.10. The molecule has 0 aliphatic heterocycles. The summed E-state index contributed by atoms with van der Waals surface area (Å²) in [6.45, 7) is 0.577. The van der Waals surface area contributed by atoms with E-state index in [1.807, 2.05) is 47.8 Å². The number of amides is 2. The van der Waals surface area contributed by atoms with Crippen LogP contribution in [0.5, 0.6) is 0 Å². The maximum absolute atomic E-state index is 12.0. The van der Waals surface area contributed by atoms with E-state index in [9.17, 15) is 9.59 Å². The maximum Gasteiger partial charge on any atom is 0.242 e. The Kier molecular flexibility index (Phi) is 5.51. The second kappa shape index (κ2) is 7.59. The molecule has 1 N–H and O–H groups in total. The lowest BCUT2D eigenvalue weighted by atomic mass is 10.2. The van der Waals surface area contributed by atoms with Crippen molar-refractivity contribution in [2.24, 2.45) is 0 Å². The molecule has 0 aliphatic carbocycles.